The first-order valence-electron chi connectivity index (χ1n) is 11.2. The molecule has 11 nitrogen and oxygen atoms in total. The number of alkyl halides is 3. The van der Waals surface area contributed by atoms with E-state index in [4.69, 9.17) is 14.9 Å². The SMILES string of the molecule is Cc1nc(N)nc(C2CCN(C(=O)OC(C)(C)C)CC2)c1-c1nnc(-c2ccnc(C(F)(F)F)n2)o1. The number of rotatable bonds is 3. The number of aromatic nitrogens is 6. The number of hydrogen-bond donors (Lipinski definition) is 1. The predicted octanol–water partition coefficient (Wildman–Crippen LogP) is 4.01. The van der Waals surface area contributed by atoms with E-state index in [1.54, 1.807) is 32.6 Å². The number of likely N-dealkylation sites (tertiary alicyclic amines) is 1. The third-order valence-electron chi connectivity index (χ3n) is 5.44. The minimum absolute atomic E-state index is 0.0271. The Balaban J connectivity index is 1.61. The highest BCUT2D eigenvalue weighted by Gasteiger charge is 2.35. The number of nitrogens with two attached hydrogens (primary N) is 1. The maximum absolute atomic E-state index is 13.0. The molecule has 36 heavy (non-hydrogen) atoms. The molecule has 0 bridgehead atoms. The smallest absolute Gasteiger partial charge is 0.444 e. The van der Waals surface area contributed by atoms with Crippen LogP contribution in [0, 0.1) is 6.92 Å². The number of carbonyl (C=O) groups excluding carboxylic acids is 1. The van der Waals surface area contributed by atoms with Gasteiger partial charge in [0.2, 0.25) is 11.8 Å². The number of nitrogens with zero attached hydrogens (tertiary/aromatic N) is 7. The van der Waals surface area contributed by atoms with Gasteiger partial charge in [0.05, 0.1) is 17.0 Å². The minimum Gasteiger partial charge on any atom is -0.444 e. The largest absolute Gasteiger partial charge is 0.451 e. The van der Waals surface area contributed by atoms with Crippen LogP contribution >= 0.6 is 0 Å². The van der Waals surface area contributed by atoms with Gasteiger partial charge in [0, 0.05) is 25.2 Å². The molecular weight excluding hydrogens is 481 g/mol. The Labute approximate surface area is 204 Å². The highest BCUT2D eigenvalue weighted by Crippen LogP contribution is 2.37. The zero-order valence-electron chi connectivity index (χ0n) is 20.1. The highest BCUT2D eigenvalue weighted by molar-refractivity contribution is 5.68. The van der Waals surface area contributed by atoms with E-state index in [9.17, 15) is 18.0 Å². The lowest BCUT2D eigenvalue weighted by molar-refractivity contribution is -0.144. The number of carbonyl (C=O) groups is 1. The lowest BCUT2D eigenvalue weighted by atomic mass is 9.90. The van der Waals surface area contributed by atoms with E-state index >= 15 is 0 Å². The van der Waals surface area contributed by atoms with Crippen molar-refractivity contribution >= 4 is 12.0 Å². The van der Waals surface area contributed by atoms with Crippen LogP contribution in [-0.4, -0.2) is 59.8 Å². The van der Waals surface area contributed by atoms with E-state index in [1.165, 1.54) is 6.07 Å². The van der Waals surface area contributed by atoms with Crippen LogP contribution in [0.15, 0.2) is 16.7 Å². The lowest BCUT2D eigenvalue weighted by Crippen LogP contribution is -2.41. The molecule has 1 amide bonds. The molecule has 2 N–H and O–H groups in total. The number of hydrogen-bond acceptors (Lipinski definition) is 10. The molecule has 192 valence electrons. The number of anilines is 1. The van der Waals surface area contributed by atoms with Gasteiger partial charge < -0.3 is 19.8 Å². The Bertz CT molecular complexity index is 1260. The third-order valence-corrected chi connectivity index (χ3v) is 5.44. The average Bonchev–Trinajstić information content (AvgIpc) is 3.27. The van der Waals surface area contributed by atoms with Gasteiger partial charge in [-0.15, -0.1) is 10.2 Å². The van der Waals surface area contributed by atoms with Crippen molar-refractivity contribution in [2.75, 3.05) is 18.8 Å². The number of nitrogen functional groups attached to an aromatic ring is 1. The van der Waals surface area contributed by atoms with Crippen molar-refractivity contribution in [2.45, 2.75) is 58.2 Å². The molecule has 0 aromatic carbocycles. The van der Waals surface area contributed by atoms with Gasteiger partial charge in [0.25, 0.3) is 11.8 Å². The molecule has 4 heterocycles. The maximum Gasteiger partial charge on any atom is 0.451 e. The second-order valence-electron chi connectivity index (χ2n) is 9.34. The van der Waals surface area contributed by atoms with E-state index in [2.05, 4.69) is 30.1 Å². The first-order chi connectivity index (χ1) is 16.8. The van der Waals surface area contributed by atoms with Gasteiger partial charge in [-0.3, -0.25) is 0 Å². The molecule has 0 aliphatic carbocycles. The molecule has 0 unspecified atom stereocenters. The van der Waals surface area contributed by atoms with Crippen molar-refractivity contribution in [3.8, 4) is 23.0 Å². The normalized spacial score (nSPS) is 15.2. The second-order valence-corrected chi connectivity index (χ2v) is 9.34. The summed E-state index contributed by atoms with van der Waals surface area (Å²) in [7, 11) is 0. The van der Waals surface area contributed by atoms with E-state index in [-0.39, 0.29) is 35.4 Å². The molecule has 1 fully saturated rings. The van der Waals surface area contributed by atoms with Crippen LogP contribution < -0.4 is 5.73 Å². The fourth-order valence-corrected chi connectivity index (χ4v) is 3.88. The number of halogens is 3. The van der Waals surface area contributed by atoms with E-state index in [0.29, 0.717) is 42.9 Å². The highest BCUT2D eigenvalue weighted by atomic mass is 19.4. The number of piperidine rings is 1. The lowest BCUT2D eigenvalue weighted by Gasteiger charge is -2.33. The monoisotopic (exact) mass is 506 g/mol. The zero-order valence-corrected chi connectivity index (χ0v) is 20.1. The quantitative estimate of drug-likeness (QED) is 0.553. The Morgan fingerprint density at radius 1 is 1.11 bits per heavy atom. The van der Waals surface area contributed by atoms with Gasteiger partial charge in [-0.05, 0) is 46.6 Å². The molecule has 1 aliphatic rings. The van der Waals surface area contributed by atoms with Crippen LogP contribution in [0.4, 0.5) is 23.9 Å². The first-order valence-corrected chi connectivity index (χ1v) is 11.2. The van der Waals surface area contributed by atoms with Crippen LogP contribution in [0.1, 0.15) is 56.7 Å². The Kier molecular flexibility index (Phi) is 6.54. The Morgan fingerprint density at radius 2 is 1.78 bits per heavy atom. The summed E-state index contributed by atoms with van der Waals surface area (Å²) >= 11 is 0. The molecule has 0 saturated carbocycles. The molecule has 14 heteroatoms. The summed E-state index contributed by atoms with van der Waals surface area (Å²) in [5, 5.41) is 7.90. The zero-order chi connectivity index (χ0) is 26.3. The van der Waals surface area contributed by atoms with E-state index in [0.717, 1.165) is 6.20 Å². The van der Waals surface area contributed by atoms with Gasteiger partial charge in [0.15, 0.2) is 0 Å². The summed E-state index contributed by atoms with van der Waals surface area (Å²) < 4.78 is 50.2. The first kappa shape index (κ1) is 25.3. The average molecular weight is 506 g/mol. The fourth-order valence-electron chi connectivity index (χ4n) is 3.88. The van der Waals surface area contributed by atoms with Gasteiger partial charge >= 0.3 is 12.3 Å². The molecular formula is C22H25F3N8O3. The molecule has 3 aromatic rings. The van der Waals surface area contributed by atoms with Crippen molar-refractivity contribution in [1.82, 2.24) is 35.0 Å². The van der Waals surface area contributed by atoms with Crippen molar-refractivity contribution < 1.29 is 27.1 Å². The number of aryl methyl sites for hydroxylation is 1. The summed E-state index contributed by atoms with van der Waals surface area (Å²) in [5.74, 6) is -1.54. The molecule has 3 aromatic heterocycles. The van der Waals surface area contributed by atoms with Crippen LogP contribution in [0.3, 0.4) is 0 Å². The van der Waals surface area contributed by atoms with Gasteiger partial charge in [-0.2, -0.15) is 13.2 Å². The topological polar surface area (TPSA) is 146 Å². The van der Waals surface area contributed by atoms with Crippen LogP contribution in [0.5, 0.6) is 0 Å². The molecule has 1 saturated heterocycles. The second kappa shape index (κ2) is 9.32. The summed E-state index contributed by atoms with van der Waals surface area (Å²) in [6.45, 7) is 8.00. The summed E-state index contributed by atoms with van der Waals surface area (Å²) in [4.78, 5) is 29.4. The maximum atomic E-state index is 13.0. The van der Waals surface area contributed by atoms with Crippen molar-refractivity contribution in [3.05, 3.63) is 29.5 Å². The summed E-state index contributed by atoms with van der Waals surface area (Å²) in [5.41, 5.74) is 6.64. The van der Waals surface area contributed by atoms with Crippen molar-refractivity contribution in [2.24, 2.45) is 0 Å². The fraction of sp³-hybridized carbons (Fsp3) is 0.500. The molecule has 0 atom stereocenters. The van der Waals surface area contributed by atoms with Gasteiger partial charge in [0.1, 0.15) is 11.3 Å². The van der Waals surface area contributed by atoms with Crippen LogP contribution in [0.2, 0.25) is 0 Å². The Hall–Kier alpha value is -3.84. The van der Waals surface area contributed by atoms with Crippen molar-refractivity contribution in [3.63, 3.8) is 0 Å². The predicted molar refractivity (Wildman–Crippen MR) is 120 cm³/mol. The van der Waals surface area contributed by atoms with E-state index < -0.39 is 17.6 Å². The summed E-state index contributed by atoms with van der Waals surface area (Å²) in [6, 6.07) is 1.24. The standard InChI is InChI=1S/C22H25F3N8O3/c1-11-14(17-32-31-16(35-17)13-5-8-27-18(29-13)22(23,24)25)15(30-19(26)28-11)12-6-9-33(10-7-12)20(34)36-21(2,3)4/h5,8,12H,6-7,9-10H2,1-4H3,(H2,26,28,30). The number of ether oxygens (including phenoxy) is 1. The number of amides is 1. The summed E-state index contributed by atoms with van der Waals surface area (Å²) in [6.07, 6.45) is -2.99. The molecule has 0 spiro atoms. The van der Waals surface area contributed by atoms with Crippen LogP contribution in [-0.2, 0) is 10.9 Å². The van der Waals surface area contributed by atoms with Crippen LogP contribution in [0.25, 0.3) is 23.0 Å². The van der Waals surface area contributed by atoms with Gasteiger partial charge in [-0.25, -0.2) is 24.7 Å². The molecule has 4 rings (SSSR count). The third kappa shape index (κ3) is 5.52. The van der Waals surface area contributed by atoms with E-state index in [1.807, 2.05) is 0 Å². The Morgan fingerprint density at radius 3 is 2.42 bits per heavy atom. The van der Waals surface area contributed by atoms with Crippen molar-refractivity contribution in [1.29, 1.82) is 0 Å². The molecule has 0 radical (unpaired) electrons. The molecule has 1 aliphatic heterocycles. The van der Waals surface area contributed by atoms with Gasteiger partial charge in [-0.1, -0.05) is 0 Å². The minimum atomic E-state index is -4.72.